The molecular formula is C23H20ClF3N4O2. The van der Waals surface area contributed by atoms with Crippen LogP contribution in [0.3, 0.4) is 0 Å². The standard InChI is InChI=1S/C23H20ClF3N4O2/c24-19-16-10-14(13-6-7-13)11-18(23(25,26)27)31(16)28-20(19)21(32)29-8-9-30(22-17(12-29)33-22)15-4-2-1-3-5-15/h1-5,10-11,13,17,22H,6-9,12H2. The molecule has 1 saturated carbocycles. The van der Waals surface area contributed by atoms with Gasteiger partial charge in [-0.3, -0.25) is 4.79 Å². The molecule has 0 radical (unpaired) electrons. The molecule has 1 amide bonds. The first-order chi connectivity index (χ1) is 15.8. The number of fused-ring (bicyclic) bond motifs is 2. The van der Waals surface area contributed by atoms with Gasteiger partial charge in [0.05, 0.1) is 17.1 Å². The molecule has 3 aromatic rings. The highest BCUT2D eigenvalue weighted by Gasteiger charge is 2.48. The van der Waals surface area contributed by atoms with Crippen molar-refractivity contribution in [3.63, 3.8) is 0 Å². The monoisotopic (exact) mass is 476 g/mol. The Balaban J connectivity index is 1.33. The lowest BCUT2D eigenvalue weighted by Gasteiger charge is -2.24. The molecular weight excluding hydrogens is 457 g/mol. The van der Waals surface area contributed by atoms with E-state index in [0.29, 0.717) is 25.2 Å². The summed E-state index contributed by atoms with van der Waals surface area (Å²) < 4.78 is 47.8. The summed E-state index contributed by atoms with van der Waals surface area (Å²) in [6.45, 7) is 1.24. The van der Waals surface area contributed by atoms with Crippen LogP contribution >= 0.6 is 11.6 Å². The smallest absolute Gasteiger partial charge is 0.346 e. The fourth-order valence-electron chi connectivity index (χ4n) is 4.56. The second-order valence-electron chi connectivity index (χ2n) is 8.75. The molecule has 2 atom stereocenters. The molecule has 3 fully saturated rings. The highest BCUT2D eigenvalue weighted by atomic mass is 35.5. The van der Waals surface area contributed by atoms with Gasteiger partial charge in [0, 0.05) is 18.8 Å². The van der Waals surface area contributed by atoms with E-state index < -0.39 is 17.8 Å². The van der Waals surface area contributed by atoms with Gasteiger partial charge in [0.2, 0.25) is 0 Å². The number of benzene rings is 1. The quantitative estimate of drug-likeness (QED) is 0.520. The normalized spacial score (nSPS) is 22.9. The SMILES string of the molecule is O=C(c1nn2c(C(F)(F)F)cc(C3CC3)cc2c1Cl)N1CCN(c2ccccc2)C2OC2C1. The number of amides is 1. The van der Waals surface area contributed by atoms with E-state index in [1.807, 2.05) is 30.3 Å². The molecule has 0 spiro atoms. The Hall–Kier alpha value is -2.78. The molecule has 4 heterocycles. The number of halogens is 4. The first-order valence-corrected chi connectivity index (χ1v) is 11.2. The van der Waals surface area contributed by atoms with Gasteiger partial charge in [-0.05, 0) is 48.6 Å². The summed E-state index contributed by atoms with van der Waals surface area (Å²) in [5.41, 5.74) is 0.601. The molecule has 0 bridgehead atoms. The minimum Gasteiger partial charge on any atom is -0.346 e. The minimum atomic E-state index is -4.62. The number of carbonyl (C=O) groups is 1. The van der Waals surface area contributed by atoms with Crippen LogP contribution in [0.25, 0.3) is 5.52 Å². The summed E-state index contributed by atoms with van der Waals surface area (Å²) in [6, 6.07) is 12.5. The zero-order valence-electron chi connectivity index (χ0n) is 17.4. The molecule has 2 aromatic heterocycles. The van der Waals surface area contributed by atoms with Crippen LogP contribution in [-0.2, 0) is 10.9 Å². The molecule has 2 aliphatic heterocycles. The lowest BCUT2D eigenvalue weighted by Crippen LogP contribution is -2.38. The molecule has 2 unspecified atom stereocenters. The second kappa shape index (κ2) is 7.36. The Morgan fingerprint density at radius 2 is 1.88 bits per heavy atom. The number of aromatic nitrogens is 2. The van der Waals surface area contributed by atoms with E-state index in [1.165, 1.54) is 0 Å². The van der Waals surface area contributed by atoms with Crippen molar-refractivity contribution in [1.29, 1.82) is 0 Å². The number of nitrogens with zero attached hydrogens (tertiary/aromatic N) is 4. The number of hydrogen-bond donors (Lipinski definition) is 0. The second-order valence-corrected chi connectivity index (χ2v) is 9.13. The van der Waals surface area contributed by atoms with Gasteiger partial charge in [-0.15, -0.1) is 0 Å². The first kappa shape index (κ1) is 20.8. The summed E-state index contributed by atoms with van der Waals surface area (Å²) >= 11 is 6.46. The van der Waals surface area contributed by atoms with Gasteiger partial charge in [0.25, 0.3) is 5.91 Å². The third-order valence-electron chi connectivity index (χ3n) is 6.49. The van der Waals surface area contributed by atoms with Gasteiger partial charge in [0.15, 0.2) is 11.9 Å². The van der Waals surface area contributed by atoms with Crippen LogP contribution in [0, 0.1) is 0 Å². The van der Waals surface area contributed by atoms with Crippen LogP contribution in [0.15, 0.2) is 42.5 Å². The Kier molecular flexibility index (Phi) is 4.64. The number of anilines is 1. The van der Waals surface area contributed by atoms with Crippen molar-refractivity contribution in [3.05, 3.63) is 64.4 Å². The van der Waals surface area contributed by atoms with Crippen LogP contribution in [0.5, 0.6) is 0 Å². The molecule has 0 N–H and O–H groups in total. The maximum Gasteiger partial charge on any atom is 0.433 e. The average molecular weight is 477 g/mol. The summed E-state index contributed by atoms with van der Waals surface area (Å²) in [7, 11) is 0. The third-order valence-corrected chi connectivity index (χ3v) is 6.86. The van der Waals surface area contributed by atoms with Crippen LogP contribution in [0.1, 0.15) is 40.5 Å². The Morgan fingerprint density at radius 1 is 1.12 bits per heavy atom. The number of ether oxygens (including phenoxy) is 1. The van der Waals surface area contributed by atoms with E-state index in [9.17, 15) is 18.0 Å². The maximum atomic E-state index is 13.8. The predicted octanol–water partition coefficient (Wildman–Crippen LogP) is 4.57. The van der Waals surface area contributed by atoms with E-state index in [4.69, 9.17) is 16.3 Å². The van der Waals surface area contributed by atoms with Gasteiger partial charge in [-0.1, -0.05) is 29.8 Å². The molecule has 1 aromatic carbocycles. The molecule has 10 heteroatoms. The van der Waals surface area contributed by atoms with E-state index in [1.54, 1.807) is 11.0 Å². The van der Waals surface area contributed by atoms with Crippen molar-refractivity contribution >= 4 is 28.7 Å². The topological polar surface area (TPSA) is 53.4 Å². The number of epoxide rings is 1. The number of pyridine rings is 1. The average Bonchev–Trinajstić information content (AvgIpc) is 3.70. The van der Waals surface area contributed by atoms with Crippen molar-refractivity contribution in [2.45, 2.75) is 37.3 Å². The van der Waals surface area contributed by atoms with E-state index in [2.05, 4.69) is 10.00 Å². The Bertz CT molecular complexity index is 1240. The highest BCUT2D eigenvalue weighted by Crippen LogP contribution is 2.43. The number of carbonyl (C=O) groups excluding carboxylic acids is 1. The summed E-state index contributed by atoms with van der Waals surface area (Å²) in [4.78, 5) is 17.0. The van der Waals surface area contributed by atoms with E-state index >= 15 is 0 Å². The Morgan fingerprint density at radius 3 is 2.58 bits per heavy atom. The fourth-order valence-corrected chi connectivity index (χ4v) is 4.82. The fraction of sp³-hybridized carbons (Fsp3) is 0.391. The van der Waals surface area contributed by atoms with Gasteiger partial charge in [0.1, 0.15) is 11.8 Å². The maximum absolute atomic E-state index is 13.8. The van der Waals surface area contributed by atoms with Crippen LogP contribution < -0.4 is 4.90 Å². The lowest BCUT2D eigenvalue weighted by atomic mass is 10.1. The lowest BCUT2D eigenvalue weighted by molar-refractivity contribution is -0.142. The van der Waals surface area contributed by atoms with E-state index in [-0.39, 0.29) is 34.5 Å². The predicted molar refractivity (Wildman–Crippen MR) is 116 cm³/mol. The van der Waals surface area contributed by atoms with Crippen molar-refractivity contribution in [2.24, 2.45) is 0 Å². The van der Waals surface area contributed by atoms with Gasteiger partial charge in [-0.25, -0.2) is 4.52 Å². The van der Waals surface area contributed by atoms with Crippen molar-refractivity contribution in [3.8, 4) is 0 Å². The van der Waals surface area contributed by atoms with Gasteiger partial charge < -0.3 is 14.5 Å². The third kappa shape index (κ3) is 3.63. The van der Waals surface area contributed by atoms with Crippen LogP contribution in [0.4, 0.5) is 18.9 Å². The van der Waals surface area contributed by atoms with Gasteiger partial charge in [-0.2, -0.15) is 18.3 Å². The molecule has 3 aliphatic rings. The summed E-state index contributed by atoms with van der Waals surface area (Å²) in [5, 5.41) is 3.99. The van der Waals surface area contributed by atoms with Crippen molar-refractivity contribution in [2.75, 3.05) is 24.5 Å². The Labute approximate surface area is 192 Å². The number of alkyl halides is 3. The molecule has 6 nitrogen and oxygen atoms in total. The minimum absolute atomic E-state index is 0.0505. The summed E-state index contributed by atoms with van der Waals surface area (Å²) in [5.74, 6) is -0.395. The molecule has 1 aliphatic carbocycles. The number of para-hydroxylation sites is 1. The van der Waals surface area contributed by atoms with Crippen molar-refractivity contribution in [1.82, 2.24) is 14.5 Å². The zero-order valence-corrected chi connectivity index (χ0v) is 18.2. The van der Waals surface area contributed by atoms with Crippen LogP contribution in [0.2, 0.25) is 5.02 Å². The van der Waals surface area contributed by atoms with E-state index in [0.717, 1.165) is 29.1 Å². The molecule has 2 saturated heterocycles. The van der Waals surface area contributed by atoms with Crippen LogP contribution in [-0.4, -0.2) is 52.4 Å². The zero-order chi connectivity index (χ0) is 22.9. The molecule has 33 heavy (non-hydrogen) atoms. The highest BCUT2D eigenvalue weighted by molar-refractivity contribution is 6.36. The number of rotatable bonds is 3. The molecule has 6 rings (SSSR count). The molecule has 172 valence electrons. The first-order valence-electron chi connectivity index (χ1n) is 10.9. The van der Waals surface area contributed by atoms with Crippen molar-refractivity contribution < 1.29 is 22.7 Å². The largest absolute Gasteiger partial charge is 0.433 e. The number of hydrogen-bond acceptors (Lipinski definition) is 4. The van der Waals surface area contributed by atoms with Gasteiger partial charge >= 0.3 is 6.18 Å². The summed E-state index contributed by atoms with van der Waals surface area (Å²) in [6.07, 6.45) is -3.22.